The number of nitrogens with zero attached hydrogens (tertiary/aromatic N) is 1. The molecule has 7 heteroatoms. The van der Waals surface area contributed by atoms with Crippen LogP contribution in [-0.4, -0.2) is 61.9 Å². The third kappa shape index (κ3) is 3.79. The van der Waals surface area contributed by atoms with Gasteiger partial charge in [0.25, 0.3) is 5.91 Å². The normalized spacial score (nSPS) is 22.8. The Balaban J connectivity index is 1.56. The maximum atomic E-state index is 12.2. The van der Waals surface area contributed by atoms with Gasteiger partial charge >= 0.3 is 5.97 Å². The topological polar surface area (TPSA) is 74.3 Å². The molecular formula is C17H21NO6. The molecule has 0 N–H and O–H groups in total. The van der Waals surface area contributed by atoms with Gasteiger partial charge < -0.3 is 23.8 Å². The molecule has 1 saturated heterocycles. The van der Waals surface area contributed by atoms with Crippen LogP contribution in [0.2, 0.25) is 0 Å². The summed E-state index contributed by atoms with van der Waals surface area (Å²) in [5.41, 5.74) is 0.329. The summed E-state index contributed by atoms with van der Waals surface area (Å²) in [4.78, 5) is 26.0. The molecule has 130 valence electrons. The van der Waals surface area contributed by atoms with Crippen LogP contribution < -0.4 is 9.47 Å². The van der Waals surface area contributed by atoms with Gasteiger partial charge in [0, 0.05) is 13.1 Å². The summed E-state index contributed by atoms with van der Waals surface area (Å²) in [5.74, 6) is 0.334. The van der Waals surface area contributed by atoms with Gasteiger partial charge in [-0.1, -0.05) is 0 Å². The molecule has 1 aromatic rings. The molecule has 1 aromatic carbocycles. The van der Waals surface area contributed by atoms with E-state index in [2.05, 4.69) is 0 Å². The van der Waals surface area contributed by atoms with E-state index in [0.717, 1.165) is 0 Å². The monoisotopic (exact) mass is 335 g/mol. The van der Waals surface area contributed by atoms with E-state index in [0.29, 0.717) is 43.4 Å². The van der Waals surface area contributed by atoms with Crippen molar-refractivity contribution in [3.8, 4) is 11.5 Å². The number of ether oxygens (including phenoxy) is 4. The summed E-state index contributed by atoms with van der Waals surface area (Å²) < 4.78 is 21.6. The smallest absolute Gasteiger partial charge is 0.338 e. The average molecular weight is 335 g/mol. The molecule has 2 heterocycles. The minimum atomic E-state index is -0.560. The lowest BCUT2D eigenvalue weighted by Gasteiger charge is -2.35. The van der Waals surface area contributed by atoms with Crippen LogP contribution >= 0.6 is 0 Å². The van der Waals surface area contributed by atoms with Gasteiger partial charge in [-0.3, -0.25) is 4.79 Å². The second-order valence-electron chi connectivity index (χ2n) is 5.99. The molecule has 7 nitrogen and oxygen atoms in total. The largest absolute Gasteiger partial charge is 0.486 e. The number of hydrogen-bond donors (Lipinski definition) is 0. The van der Waals surface area contributed by atoms with Gasteiger partial charge in [-0.25, -0.2) is 4.79 Å². The van der Waals surface area contributed by atoms with Crippen LogP contribution in [0.5, 0.6) is 11.5 Å². The van der Waals surface area contributed by atoms with Gasteiger partial charge in [0.15, 0.2) is 18.1 Å². The highest BCUT2D eigenvalue weighted by Gasteiger charge is 2.26. The summed E-state index contributed by atoms with van der Waals surface area (Å²) in [6.07, 6.45) is -0.0441. The van der Waals surface area contributed by atoms with E-state index in [1.807, 2.05) is 13.8 Å². The summed E-state index contributed by atoms with van der Waals surface area (Å²) >= 11 is 0. The van der Waals surface area contributed by atoms with Crippen molar-refractivity contribution in [3.05, 3.63) is 23.8 Å². The van der Waals surface area contributed by atoms with Gasteiger partial charge in [-0.2, -0.15) is 0 Å². The lowest BCUT2D eigenvalue weighted by Crippen LogP contribution is -2.49. The van der Waals surface area contributed by atoms with Gasteiger partial charge in [0.05, 0.1) is 17.8 Å². The van der Waals surface area contributed by atoms with Gasteiger partial charge in [-0.05, 0) is 32.0 Å². The molecule has 0 aliphatic carbocycles. The molecule has 1 fully saturated rings. The number of fused-ring (bicyclic) bond motifs is 1. The maximum Gasteiger partial charge on any atom is 0.338 e. The molecular weight excluding hydrogens is 314 g/mol. The zero-order chi connectivity index (χ0) is 17.1. The van der Waals surface area contributed by atoms with Crippen LogP contribution in [0.15, 0.2) is 18.2 Å². The molecule has 2 aliphatic heterocycles. The molecule has 1 amide bonds. The average Bonchev–Trinajstić information content (AvgIpc) is 2.58. The second kappa shape index (κ2) is 7.09. The van der Waals surface area contributed by atoms with Crippen molar-refractivity contribution in [2.24, 2.45) is 0 Å². The minimum Gasteiger partial charge on any atom is -0.486 e. The summed E-state index contributed by atoms with van der Waals surface area (Å²) in [6, 6.07) is 4.83. The maximum absolute atomic E-state index is 12.2. The molecule has 0 saturated carbocycles. The third-order valence-electron chi connectivity index (χ3n) is 3.88. The standard InChI is InChI=1S/C17H21NO6/c1-11-8-18(9-12(2)24-11)16(19)10-23-17(20)13-3-4-14-15(7-13)22-6-5-21-14/h3-4,7,11-12H,5-6,8-10H2,1-2H3/t11-,12-/m0/s1. The van der Waals surface area contributed by atoms with Gasteiger partial charge in [0.2, 0.25) is 0 Å². The summed E-state index contributed by atoms with van der Waals surface area (Å²) in [6.45, 7) is 5.48. The first kappa shape index (κ1) is 16.6. The van der Waals surface area contributed by atoms with Crippen molar-refractivity contribution < 1.29 is 28.5 Å². The molecule has 2 atom stereocenters. The highest BCUT2D eigenvalue weighted by molar-refractivity contribution is 5.92. The molecule has 0 radical (unpaired) electrons. The second-order valence-corrected chi connectivity index (χ2v) is 5.99. The van der Waals surface area contributed by atoms with E-state index < -0.39 is 5.97 Å². The number of morpholine rings is 1. The molecule has 0 bridgehead atoms. The molecule has 2 aliphatic rings. The van der Waals surface area contributed by atoms with Crippen LogP contribution in [0, 0.1) is 0 Å². The Morgan fingerprint density at radius 1 is 1.12 bits per heavy atom. The Labute approximate surface area is 140 Å². The number of rotatable bonds is 3. The fraction of sp³-hybridized carbons (Fsp3) is 0.529. The van der Waals surface area contributed by atoms with E-state index in [9.17, 15) is 9.59 Å². The fourth-order valence-corrected chi connectivity index (χ4v) is 2.85. The zero-order valence-electron chi connectivity index (χ0n) is 13.8. The molecule has 0 spiro atoms. The highest BCUT2D eigenvalue weighted by atomic mass is 16.6. The molecule has 24 heavy (non-hydrogen) atoms. The van der Waals surface area contributed by atoms with E-state index >= 15 is 0 Å². The predicted octanol–water partition coefficient (Wildman–Crippen LogP) is 1.25. The van der Waals surface area contributed by atoms with E-state index in [1.165, 1.54) is 0 Å². The third-order valence-corrected chi connectivity index (χ3v) is 3.88. The summed E-state index contributed by atoms with van der Waals surface area (Å²) in [5, 5.41) is 0. The molecule has 3 rings (SSSR count). The Bertz CT molecular complexity index is 622. The number of carbonyl (C=O) groups excluding carboxylic acids is 2. The first-order chi connectivity index (χ1) is 11.5. The van der Waals surface area contributed by atoms with Gasteiger partial charge in [0.1, 0.15) is 13.2 Å². The van der Waals surface area contributed by atoms with E-state index in [4.69, 9.17) is 18.9 Å². The first-order valence-electron chi connectivity index (χ1n) is 8.03. The zero-order valence-corrected chi connectivity index (χ0v) is 13.8. The molecule has 0 aromatic heterocycles. The Morgan fingerprint density at radius 3 is 2.50 bits per heavy atom. The van der Waals surface area contributed by atoms with Crippen molar-refractivity contribution in [2.75, 3.05) is 32.9 Å². The highest BCUT2D eigenvalue weighted by Crippen LogP contribution is 2.30. The number of benzene rings is 1. The van der Waals surface area contributed by atoms with Crippen LogP contribution in [-0.2, 0) is 14.3 Å². The Hall–Kier alpha value is -2.28. The van der Waals surface area contributed by atoms with E-state index in [1.54, 1.807) is 23.1 Å². The van der Waals surface area contributed by atoms with Crippen LogP contribution in [0.4, 0.5) is 0 Å². The Kier molecular flexibility index (Phi) is 4.89. The molecule has 0 unspecified atom stereocenters. The van der Waals surface area contributed by atoms with Crippen LogP contribution in [0.3, 0.4) is 0 Å². The van der Waals surface area contributed by atoms with Crippen molar-refractivity contribution in [1.82, 2.24) is 4.90 Å². The van der Waals surface area contributed by atoms with Crippen molar-refractivity contribution in [1.29, 1.82) is 0 Å². The summed E-state index contributed by atoms with van der Waals surface area (Å²) in [7, 11) is 0. The van der Waals surface area contributed by atoms with Gasteiger partial charge in [-0.15, -0.1) is 0 Å². The van der Waals surface area contributed by atoms with Crippen LogP contribution in [0.1, 0.15) is 24.2 Å². The number of hydrogen-bond acceptors (Lipinski definition) is 6. The quantitative estimate of drug-likeness (QED) is 0.774. The van der Waals surface area contributed by atoms with Crippen molar-refractivity contribution in [2.45, 2.75) is 26.1 Å². The van der Waals surface area contributed by atoms with Crippen molar-refractivity contribution in [3.63, 3.8) is 0 Å². The number of carbonyl (C=O) groups is 2. The fourth-order valence-electron chi connectivity index (χ4n) is 2.85. The Morgan fingerprint density at radius 2 is 1.79 bits per heavy atom. The SMILES string of the molecule is C[C@H]1CN(C(=O)COC(=O)c2ccc3c(c2)OCCO3)C[C@H](C)O1. The van der Waals surface area contributed by atoms with Crippen molar-refractivity contribution >= 4 is 11.9 Å². The van der Waals surface area contributed by atoms with Crippen LogP contribution in [0.25, 0.3) is 0 Å². The predicted molar refractivity (Wildman–Crippen MR) is 84.3 cm³/mol. The lowest BCUT2D eigenvalue weighted by atomic mass is 10.2. The lowest BCUT2D eigenvalue weighted by molar-refractivity contribution is -0.146. The number of esters is 1. The van der Waals surface area contributed by atoms with E-state index in [-0.39, 0.29) is 24.7 Å². The first-order valence-corrected chi connectivity index (χ1v) is 8.03. The minimum absolute atomic E-state index is 0.0220. The number of amides is 1.